The number of nitrogens with zero attached hydrogens (tertiary/aromatic N) is 2. The van der Waals surface area contributed by atoms with E-state index in [-0.39, 0.29) is 6.03 Å². The number of likely N-dealkylation sites (N-methyl/N-ethyl adjacent to an activating group) is 1. The Balaban J connectivity index is 2.04. The summed E-state index contributed by atoms with van der Waals surface area (Å²) in [5.74, 6) is 0.456. The molecule has 1 aromatic rings. The van der Waals surface area contributed by atoms with Crippen molar-refractivity contribution < 1.29 is 9.90 Å². The summed E-state index contributed by atoms with van der Waals surface area (Å²) in [6.07, 6.45) is -0.772. The molecule has 1 saturated heterocycles. The van der Waals surface area contributed by atoms with Crippen molar-refractivity contribution in [2.24, 2.45) is 0 Å². The molecule has 1 unspecified atom stereocenters. The van der Waals surface area contributed by atoms with Gasteiger partial charge in [-0.05, 0) is 26.0 Å². The minimum absolute atomic E-state index is 0.129. The fourth-order valence-corrected chi connectivity index (χ4v) is 2.77. The van der Waals surface area contributed by atoms with E-state index >= 15 is 0 Å². The fourth-order valence-electron chi connectivity index (χ4n) is 1.88. The van der Waals surface area contributed by atoms with Crippen molar-refractivity contribution >= 4 is 17.8 Å². The molecule has 1 aromatic carbocycles. The van der Waals surface area contributed by atoms with E-state index in [1.165, 1.54) is 4.90 Å². The Hall–Kier alpha value is -1.20. The maximum absolute atomic E-state index is 12.0. The van der Waals surface area contributed by atoms with Crippen LogP contribution in [0.2, 0.25) is 0 Å². The van der Waals surface area contributed by atoms with Gasteiger partial charge in [-0.1, -0.05) is 18.2 Å². The van der Waals surface area contributed by atoms with Gasteiger partial charge in [0, 0.05) is 11.9 Å². The average Bonchev–Trinajstić information content (AvgIpc) is 2.51. The minimum Gasteiger partial charge on any atom is -0.371 e. The molecule has 0 radical (unpaired) electrons. The number of hydrogen-bond acceptors (Lipinski definition) is 3. The van der Waals surface area contributed by atoms with Gasteiger partial charge in [0.25, 0.3) is 0 Å². The number of urea groups is 1. The zero-order chi connectivity index (χ0) is 13.3. The normalized spacial score (nSPS) is 22.7. The molecule has 0 aromatic heterocycles. The lowest BCUT2D eigenvalue weighted by molar-refractivity contribution is 0.00637. The summed E-state index contributed by atoms with van der Waals surface area (Å²) in [4.78, 5) is 16.2. The van der Waals surface area contributed by atoms with Gasteiger partial charge in [0.1, 0.15) is 0 Å². The van der Waals surface area contributed by atoms with E-state index < -0.39 is 11.8 Å². The number of aliphatic hydroxyl groups excluding tert-OH is 1. The number of hydrogen-bond donors (Lipinski definition) is 1. The van der Waals surface area contributed by atoms with E-state index in [4.69, 9.17) is 0 Å². The van der Waals surface area contributed by atoms with Crippen LogP contribution in [0.25, 0.3) is 0 Å². The molecule has 1 fully saturated rings. The van der Waals surface area contributed by atoms with E-state index in [2.05, 4.69) is 0 Å². The second kappa shape index (κ2) is 4.82. The smallest absolute Gasteiger partial charge is 0.323 e. The number of amides is 2. The van der Waals surface area contributed by atoms with Gasteiger partial charge in [-0.3, -0.25) is 4.90 Å². The number of aliphatic hydroxyl groups is 1. The van der Waals surface area contributed by atoms with Crippen LogP contribution in [0, 0.1) is 0 Å². The van der Waals surface area contributed by atoms with Gasteiger partial charge in [0.05, 0.1) is 11.4 Å². The monoisotopic (exact) mass is 266 g/mol. The van der Waals surface area contributed by atoms with Gasteiger partial charge in [-0.15, -0.1) is 11.8 Å². The maximum atomic E-state index is 12.0. The highest BCUT2D eigenvalue weighted by Gasteiger charge is 2.48. The third kappa shape index (κ3) is 2.20. The highest BCUT2D eigenvalue weighted by atomic mass is 32.2. The third-order valence-electron chi connectivity index (χ3n) is 3.44. The van der Waals surface area contributed by atoms with E-state index in [1.54, 1.807) is 23.7 Å². The van der Waals surface area contributed by atoms with Crippen molar-refractivity contribution in [3.8, 4) is 0 Å². The number of rotatable bonds is 3. The van der Waals surface area contributed by atoms with Gasteiger partial charge in [-0.25, -0.2) is 4.79 Å². The molecule has 0 bridgehead atoms. The Morgan fingerprint density at radius 3 is 2.44 bits per heavy atom. The number of carbonyl (C=O) groups excluding carboxylic acids is 1. The van der Waals surface area contributed by atoms with Crippen LogP contribution >= 0.6 is 11.8 Å². The van der Waals surface area contributed by atoms with E-state index in [9.17, 15) is 9.90 Å². The van der Waals surface area contributed by atoms with Gasteiger partial charge in [0.2, 0.25) is 0 Å². The second-order valence-corrected chi connectivity index (χ2v) is 5.94. The molecule has 1 N–H and O–H groups in total. The molecule has 1 heterocycles. The molecule has 18 heavy (non-hydrogen) atoms. The first-order valence-electron chi connectivity index (χ1n) is 5.85. The van der Waals surface area contributed by atoms with E-state index in [0.29, 0.717) is 5.88 Å². The van der Waals surface area contributed by atoms with Crippen molar-refractivity contribution in [3.63, 3.8) is 0 Å². The van der Waals surface area contributed by atoms with Gasteiger partial charge in [-0.2, -0.15) is 0 Å². The van der Waals surface area contributed by atoms with E-state index in [1.807, 2.05) is 44.2 Å². The van der Waals surface area contributed by atoms with E-state index in [0.717, 1.165) is 4.90 Å². The SMILES string of the molecule is CN1C(=O)N(CSc2ccccc2)C(O)C1(C)C. The summed E-state index contributed by atoms with van der Waals surface area (Å²) < 4.78 is 0. The largest absolute Gasteiger partial charge is 0.371 e. The van der Waals surface area contributed by atoms with Crippen LogP contribution in [0.4, 0.5) is 4.79 Å². The van der Waals surface area contributed by atoms with Crippen LogP contribution in [-0.2, 0) is 0 Å². The van der Waals surface area contributed by atoms with Crippen LogP contribution in [0.5, 0.6) is 0 Å². The lowest BCUT2D eigenvalue weighted by atomic mass is 10.0. The number of benzene rings is 1. The molecule has 0 saturated carbocycles. The van der Waals surface area contributed by atoms with Crippen molar-refractivity contribution in [2.45, 2.75) is 30.5 Å². The number of carbonyl (C=O) groups is 1. The predicted octanol–water partition coefficient (Wildman–Crippen LogP) is 2.20. The second-order valence-electron chi connectivity index (χ2n) is 4.93. The molecule has 0 aliphatic carbocycles. The Morgan fingerprint density at radius 1 is 1.33 bits per heavy atom. The van der Waals surface area contributed by atoms with Crippen LogP contribution in [-0.4, -0.2) is 45.6 Å². The summed E-state index contributed by atoms with van der Waals surface area (Å²) in [6, 6.07) is 9.73. The topological polar surface area (TPSA) is 43.8 Å². The summed E-state index contributed by atoms with van der Waals surface area (Å²) in [5.41, 5.74) is -0.547. The zero-order valence-corrected chi connectivity index (χ0v) is 11.6. The predicted molar refractivity (Wildman–Crippen MR) is 72.2 cm³/mol. The molecule has 5 heteroatoms. The maximum Gasteiger partial charge on any atom is 0.323 e. The van der Waals surface area contributed by atoms with Gasteiger partial charge in [0.15, 0.2) is 6.23 Å². The quantitative estimate of drug-likeness (QED) is 0.853. The van der Waals surface area contributed by atoms with Crippen LogP contribution in [0.1, 0.15) is 13.8 Å². The molecular formula is C13H18N2O2S. The lowest BCUT2D eigenvalue weighted by Gasteiger charge is -2.29. The molecule has 2 rings (SSSR count). The molecule has 98 valence electrons. The molecule has 1 aliphatic rings. The molecular weight excluding hydrogens is 248 g/mol. The minimum atomic E-state index is -0.772. The Bertz CT molecular complexity index is 436. The Labute approximate surface area is 112 Å². The third-order valence-corrected chi connectivity index (χ3v) is 4.45. The first-order chi connectivity index (χ1) is 8.44. The van der Waals surface area contributed by atoms with Crippen molar-refractivity contribution in [3.05, 3.63) is 30.3 Å². The Morgan fingerprint density at radius 2 is 1.94 bits per heavy atom. The van der Waals surface area contributed by atoms with Gasteiger partial charge < -0.3 is 10.0 Å². The summed E-state index contributed by atoms with van der Waals surface area (Å²) in [7, 11) is 1.72. The standard InChI is InChI=1S/C13H18N2O2S/c1-13(2)11(16)15(12(17)14(13)3)9-18-10-7-5-4-6-8-10/h4-8,11,16H,9H2,1-3H3. The zero-order valence-electron chi connectivity index (χ0n) is 10.8. The van der Waals surface area contributed by atoms with Crippen molar-refractivity contribution in [2.75, 3.05) is 12.9 Å². The lowest BCUT2D eigenvalue weighted by Crippen LogP contribution is -2.45. The van der Waals surface area contributed by atoms with Crippen molar-refractivity contribution in [1.82, 2.24) is 9.80 Å². The molecule has 2 amide bonds. The highest BCUT2D eigenvalue weighted by molar-refractivity contribution is 7.99. The van der Waals surface area contributed by atoms with Gasteiger partial charge >= 0.3 is 6.03 Å². The fraction of sp³-hybridized carbons (Fsp3) is 0.462. The van der Waals surface area contributed by atoms with Crippen LogP contribution in [0.15, 0.2) is 35.2 Å². The number of thioether (sulfide) groups is 1. The summed E-state index contributed by atoms with van der Waals surface area (Å²) >= 11 is 1.55. The van der Waals surface area contributed by atoms with Crippen molar-refractivity contribution in [1.29, 1.82) is 0 Å². The average molecular weight is 266 g/mol. The highest BCUT2D eigenvalue weighted by Crippen LogP contribution is 2.32. The molecule has 1 atom stereocenters. The first-order valence-corrected chi connectivity index (χ1v) is 6.83. The van der Waals surface area contributed by atoms with Crippen LogP contribution in [0.3, 0.4) is 0 Å². The van der Waals surface area contributed by atoms with Crippen LogP contribution < -0.4 is 0 Å². The summed E-state index contributed by atoms with van der Waals surface area (Å²) in [6.45, 7) is 3.73. The first kappa shape index (κ1) is 13.2. The molecule has 0 spiro atoms. The Kier molecular flexibility index (Phi) is 3.54. The molecule has 4 nitrogen and oxygen atoms in total. The summed E-state index contributed by atoms with van der Waals surface area (Å²) in [5, 5.41) is 10.2. The molecule has 1 aliphatic heterocycles.